The van der Waals surface area contributed by atoms with Crippen LogP contribution in [0.5, 0.6) is 11.5 Å². The summed E-state index contributed by atoms with van der Waals surface area (Å²) in [7, 11) is 0. The van der Waals surface area contributed by atoms with Gasteiger partial charge in [-0.1, -0.05) is 23.5 Å². The summed E-state index contributed by atoms with van der Waals surface area (Å²) < 4.78 is 12.3. The Morgan fingerprint density at radius 2 is 2.12 bits per heavy atom. The van der Waals surface area contributed by atoms with Gasteiger partial charge in [-0.25, -0.2) is 0 Å². The molecule has 1 atom stereocenters. The first kappa shape index (κ1) is 14.4. The molecule has 10 nitrogen and oxygen atoms in total. The standard InChI is InChI=1S/C13H9N5O5S/c14-10-9(18(20)21)12(19)17-13(15-10)24-11(16-17)8-5-22-6-3-1-2-4-7(6)23-8/h1-4,8H,5,14H2. The first-order valence-corrected chi connectivity index (χ1v) is 7.58. The van der Waals surface area contributed by atoms with Crippen molar-refractivity contribution in [2.45, 2.75) is 6.10 Å². The zero-order valence-corrected chi connectivity index (χ0v) is 12.7. The number of anilines is 1. The van der Waals surface area contributed by atoms with Crippen molar-refractivity contribution in [1.29, 1.82) is 0 Å². The predicted octanol–water partition coefficient (Wildman–Crippen LogP) is 1.15. The number of nitro groups is 1. The minimum absolute atomic E-state index is 0.153. The molecule has 11 heteroatoms. The maximum atomic E-state index is 12.2. The van der Waals surface area contributed by atoms with Crippen LogP contribution in [0.25, 0.3) is 4.96 Å². The highest BCUT2D eigenvalue weighted by Gasteiger charge is 2.29. The number of fused-ring (bicyclic) bond motifs is 2. The average Bonchev–Trinajstić information content (AvgIpc) is 2.98. The van der Waals surface area contributed by atoms with E-state index in [1.54, 1.807) is 18.2 Å². The van der Waals surface area contributed by atoms with E-state index in [2.05, 4.69) is 10.1 Å². The van der Waals surface area contributed by atoms with Gasteiger partial charge in [-0.3, -0.25) is 14.9 Å². The molecule has 24 heavy (non-hydrogen) atoms. The second-order valence-corrected chi connectivity index (χ2v) is 5.89. The molecule has 0 fully saturated rings. The molecule has 0 amide bonds. The van der Waals surface area contributed by atoms with Gasteiger partial charge < -0.3 is 15.2 Å². The fraction of sp³-hybridized carbons (Fsp3) is 0.154. The molecule has 2 N–H and O–H groups in total. The van der Waals surface area contributed by atoms with E-state index in [9.17, 15) is 14.9 Å². The topological polar surface area (TPSA) is 135 Å². The zero-order chi connectivity index (χ0) is 16.8. The minimum atomic E-state index is -0.929. The van der Waals surface area contributed by atoms with Crippen molar-refractivity contribution in [3.05, 3.63) is 49.7 Å². The number of hydrogen-bond donors (Lipinski definition) is 1. The molecule has 1 unspecified atom stereocenters. The van der Waals surface area contributed by atoms with Gasteiger partial charge in [0, 0.05) is 0 Å². The highest BCUT2D eigenvalue weighted by Crippen LogP contribution is 2.36. The van der Waals surface area contributed by atoms with Crippen molar-refractivity contribution in [2.24, 2.45) is 0 Å². The first-order chi connectivity index (χ1) is 11.5. The van der Waals surface area contributed by atoms with Crippen molar-refractivity contribution >= 4 is 27.8 Å². The Labute approximate surface area is 137 Å². The molecule has 0 saturated carbocycles. The minimum Gasteiger partial charge on any atom is -0.485 e. The summed E-state index contributed by atoms with van der Waals surface area (Å²) in [5.41, 5.74) is 3.77. The van der Waals surface area contributed by atoms with E-state index in [0.29, 0.717) is 16.5 Å². The van der Waals surface area contributed by atoms with Crippen LogP contribution in [-0.2, 0) is 0 Å². The van der Waals surface area contributed by atoms with Crippen LogP contribution in [0.4, 0.5) is 11.5 Å². The van der Waals surface area contributed by atoms with E-state index >= 15 is 0 Å². The molecule has 0 saturated heterocycles. The van der Waals surface area contributed by atoms with Crippen molar-refractivity contribution < 1.29 is 14.4 Å². The first-order valence-electron chi connectivity index (χ1n) is 6.76. The summed E-state index contributed by atoms with van der Waals surface area (Å²) in [5.74, 6) is 0.732. The van der Waals surface area contributed by atoms with Crippen LogP contribution in [0, 0.1) is 10.1 Å². The molecule has 0 radical (unpaired) electrons. The molecule has 0 spiro atoms. The lowest BCUT2D eigenvalue weighted by atomic mass is 10.3. The Bertz CT molecular complexity index is 1030. The van der Waals surface area contributed by atoms with Crippen LogP contribution in [-0.4, -0.2) is 26.1 Å². The van der Waals surface area contributed by atoms with Crippen molar-refractivity contribution in [3.8, 4) is 11.5 Å². The molecule has 1 aliphatic heterocycles. The van der Waals surface area contributed by atoms with Crippen LogP contribution in [0.1, 0.15) is 11.1 Å². The Balaban J connectivity index is 1.78. The zero-order valence-electron chi connectivity index (χ0n) is 11.9. The normalized spacial score (nSPS) is 16.2. The van der Waals surface area contributed by atoms with Crippen LogP contribution in [0.15, 0.2) is 29.1 Å². The van der Waals surface area contributed by atoms with E-state index in [1.807, 2.05) is 6.07 Å². The van der Waals surface area contributed by atoms with E-state index in [0.717, 1.165) is 15.9 Å². The van der Waals surface area contributed by atoms with Crippen LogP contribution in [0.2, 0.25) is 0 Å². The molecule has 122 valence electrons. The molecular weight excluding hydrogens is 338 g/mol. The van der Waals surface area contributed by atoms with E-state index in [-0.39, 0.29) is 11.6 Å². The average molecular weight is 347 g/mol. The summed E-state index contributed by atoms with van der Waals surface area (Å²) in [6.45, 7) is 0.198. The third kappa shape index (κ3) is 2.13. The molecule has 1 aliphatic rings. The monoisotopic (exact) mass is 347 g/mol. The van der Waals surface area contributed by atoms with Crippen molar-refractivity contribution in [2.75, 3.05) is 12.3 Å². The van der Waals surface area contributed by atoms with Gasteiger partial charge in [0.1, 0.15) is 6.61 Å². The molecule has 4 rings (SSSR count). The lowest BCUT2D eigenvalue weighted by Gasteiger charge is -2.24. The number of ether oxygens (including phenoxy) is 2. The second-order valence-electron chi connectivity index (χ2n) is 4.91. The molecule has 3 aromatic rings. The SMILES string of the molecule is Nc1nc2sc(C3COc4ccccc4O3)nn2c(=O)c1[N+](=O)[O-]. The quantitative estimate of drug-likeness (QED) is 0.539. The Morgan fingerprint density at radius 3 is 2.88 bits per heavy atom. The molecule has 1 aromatic carbocycles. The number of nitrogen functional groups attached to an aromatic ring is 1. The third-order valence-corrected chi connectivity index (χ3v) is 4.40. The molecule has 3 heterocycles. The molecule has 2 aromatic heterocycles. The highest BCUT2D eigenvalue weighted by atomic mass is 32.1. The lowest BCUT2D eigenvalue weighted by molar-refractivity contribution is -0.385. The second kappa shape index (κ2) is 5.16. The Hall–Kier alpha value is -3.21. The maximum Gasteiger partial charge on any atom is 0.377 e. The van der Waals surface area contributed by atoms with E-state index in [4.69, 9.17) is 15.2 Å². The van der Waals surface area contributed by atoms with Gasteiger partial charge in [-0.2, -0.15) is 14.6 Å². The number of nitrogens with two attached hydrogens (primary N) is 1. The van der Waals surface area contributed by atoms with Gasteiger partial charge in [0.25, 0.3) is 0 Å². The molecular formula is C13H9N5O5S. The van der Waals surface area contributed by atoms with E-state index < -0.39 is 28.1 Å². The smallest absolute Gasteiger partial charge is 0.377 e. The van der Waals surface area contributed by atoms with Crippen molar-refractivity contribution in [3.63, 3.8) is 0 Å². The highest BCUT2D eigenvalue weighted by molar-refractivity contribution is 7.16. The lowest BCUT2D eigenvalue weighted by Crippen LogP contribution is -2.23. The fourth-order valence-corrected chi connectivity index (χ4v) is 3.22. The molecule has 0 aliphatic carbocycles. The van der Waals surface area contributed by atoms with Crippen LogP contribution < -0.4 is 20.8 Å². The van der Waals surface area contributed by atoms with Gasteiger partial charge in [-0.05, 0) is 12.1 Å². The van der Waals surface area contributed by atoms with Gasteiger partial charge >= 0.3 is 11.2 Å². The molecule has 0 bridgehead atoms. The van der Waals surface area contributed by atoms with Crippen molar-refractivity contribution in [1.82, 2.24) is 14.6 Å². The third-order valence-electron chi connectivity index (χ3n) is 3.40. The predicted molar refractivity (Wildman–Crippen MR) is 83.5 cm³/mol. The largest absolute Gasteiger partial charge is 0.485 e. The number of nitrogens with zero attached hydrogens (tertiary/aromatic N) is 4. The summed E-state index contributed by atoms with van der Waals surface area (Å²) >= 11 is 1.06. The Kier molecular flexibility index (Phi) is 3.09. The van der Waals surface area contributed by atoms with Gasteiger partial charge in [0.15, 0.2) is 22.6 Å². The number of hydrogen-bond acceptors (Lipinski definition) is 9. The van der Waals surface area contributed by atoms with Gasteiger partial charge in [0.2, 0.25) is 10.8 Å². The fourth-order valence-electron chi connectivity index (χ4n) is 2.31. The maximum absolute atomic E-state index is 12.2. The van der Waals surface area contributed by atoms with Gasteiger partial charge in [-0.15, -0.1) is 0 Å². The number of benzene rings is 1. The summed E-state index contributed by atoms with van der Waals surface area (Å²) in [4.78, 5) is 26.3. The van der Waals surface area contributed by atoms with Crippen LogP contribution in [0.3, 0.4) is 0 Å². The number of rotatable bonds is 2. The van der Waals surface area contributed by atoms with Crippen LogP contribution >= 0.6 is 11.3 Å². The number of para-hydroxylation sites is 2. The summed E-state index contributed by atoms with van der Waals surface area (Å²) in [6, 6.07) is 7.16. The summed E-state index contributed by atoms with van der Waals surface area (Å²) in [6.07, 6.45) is -0.550. The van der Waals surface area contributed by atoms with E-state index in [1.165, 1.54) is 0 Å². The number of aromatic nitrogens is 3. The Morgan fingerprint density at radius 1 is 1.38 bits per heavy atom. The van der Waals surface area contributed by atoms with Gasteiger partial charge in [0.05, 0.1) is 4.92 Å². The summed E-state index contributed by atoms with van der Waals surface area (Å²) in [5, 5.41) is 15.4.